The molecule has 1 atom stereocenters. The van der Waals surface area contributed by atoms with Crippen LogP contribution in [0.4, 0.5) is 4.39 Å². The van der Waals surface area contributed by atoms with Crippen molar-refractivity contribution in [3.8, 4) is 0 Å². The van der Waals surface area contributed by atoms with Crippen molar-refractivity contribution in [1.29, 1.82) is 0 Å². The monoisotopic (exact) mass is 297 g/mol. The van der Waals surface area contributed by atoms with E-state index in [0.717, 1.165) is 16.8 Å². The third-order valence-electron chi connectivity index (χ3n) is 3.63. The molecule has 0 spiro atoms. The number of rotatable bonds is 3. The number of amides is 1. The molecule has 0 radical (unpaired) electrons. The third kappa shape index (κ3) is 2.70. The molecule has 4 nitrogen and oxygen atoms in total. The van der Waals surface area contributed by atoms with Gasteiger partial charge in [-0.2, -0.15) is 0 Å². The van der Waals surface area contributed by atoms with Crippen molar-refractivity contribution in [2.24, 2.45) is 0 Å². The van der Waals surface area contributed by atoms with E-state index >= 15 is 0 Å². The van der Waals surface area contributed by atoms with Crippen LogP contribution in [0.2, 0.25) is 0 Å². The minimum absolute atomic E-state index is 0.223. The van der Waals surface area contributed by atoms with Crippen molar-refractivity contribution in [2.75, 3.05) is 0 Å². The van der Waals surface area contributed by atoms with Gasteiger partial charge in [0.05, 0.1) is 6.04 Å². The van der Waals surface area contributed by atoms with Gasteiger partial charge < -0.3 is 9.72 Å². The maximum atomic E-state index is 12.9. The molecule has 1 N–H and O–H groups in total. The minimum Gasteiger partial charge on any atom is -0.344 e. The number of hydrogen-bond acceptors (Lipinski definition) is 2. The molecule has 2 aromatic heterocycles. The predicted octanol–water partition coefficient (Wildman–Crippen LogP) is 3.27. The number of imidazole rings is 1. The van der Waals surface area contributed by atoms with E-state index in [-0.39, 0.29) is 17.8 Å². The molecule has 2 heterocycles. The second-order valence-electron chi connectivity index (χ2n) is 5.29. The van der Waals surface area contributed by atoms with Gasteiger partial charge in [-0.05, 0) is 43.2 Å². The van der Waals surface area contributed by atoms with E-state index < -0.39 is 0 Å². The average molecular weight is 297 g/mol. The lowest BCUT2D eigenvalue weighted by molar-refractivity contribution is 0.0935. The SMILES string of the molecule is Cc1cccn2cc(C(=O)NC(C)c3ccc(F)cc3)nc12. The van der Waals surface area contributed by atoms with Crippen molar-refractivity contribution < 1.29 is 9.18 Å². The molecule has 0 saturated heterocycles. The molecule has 1 unspecified atom stereocenters. The van der Waals surface area contributed by atoms with Gasteiger partial charge in [-0.1, -0.05) is 18.2 Å². The zero-order valence-corrected chi connectivity index (χ0v) is 12.4. The van der Waals surface area contributed by atoms with Crippen molar-refractivity contribution in [3.63, 3.8) is 0 Å². The summed E-state index contributed by atoms with van der Waals surface area (Å²) >= 11 is 0. The fraction of sp³-hybridized carbons (Fsp3) is 0.176. The molecule has 0 aliphatic rings. The molecule has 0 aliphatic carbocycles. The quantitative estimate of drug-likeness (QED) is 0.806. The summed E-state index contributed by atoms with van der Waals surface area (Å²) in [7, 11) is 0. The summed E-state index contributed by atoms with van der Waals surface area (Å²) in [5, 5.41) is 2.88. The molecule has 0 bridgehead atoms. The molecule has 1 aromatic carbocycles. The Labute approximate surface area is 127 Å². The van der Waals surface area contributed by atoms with Gasteiger partial charge in [0.15, 0.2) is 0 Å². The molecule has 0 fully saturated rings. The smallest absolute Gasteiger partial charge is 0.271 e. The Morgan fingerprint density at radius 3 is 2.68 bits per heavy atom. The van der Waals surface area contributed by atoms with Gasteiger partial charge in [-0.3, -0.25) is 4.79 Å². The highest BCUT2D eigenvalue weighted by Crippen LogP contribution is 2.15. The summed E-state index contributed by atoms with van der Waals surface area (Å²) in [6.07, 6.45) is 3.56. The number of nitrogens with zero attached hydrogens (tertiary/aromatic N) is 2. The summed E-state index contributed by atoms with van der Waals surface area (Å²) in [5.74, 6) is -0.543. The van der Waals surface area contributed by atoms with Gasteiger partial charge in [0.1, 0.15) is 17.2 Å². The van der Waals surface area contributed by atoms with Gasteiger partial charge in [-0.15, -0.1) is 0 Å². The Morgan fingerprint density at radius 2 is 2.00 bits per heavy atom. The van der Waals surface area contributed by atoms with Gasteiger partial charge in [0.25, 0.3) is 5.91 Å². The highest BCUT2D eigenvalue weighted by Gasteiger charge is 2.15. The minimum atomic E-state index is -0.293. The zero-order valence-electron chi connectivity index (χ0n) is 12.4. The van der Waals surface area contributed by atoms with E-state index in [9.17, 15) is 9.18 Å². The predicted molar refractivity (Wildman–Crippen MR) is 82.2 cm³/mol. The Kier molecular flexibility index (Phi) is 3.63. The van der Waals surface area contributed by atoms with Crippen LogP contribution in [0.15, 0.2) is 48.8 Å². The van der Waals surface area contributed by atoms with E-state index in [0.29, 0.717) is 5.69 Å². The van der Waals surface area contributed by atoms with Crippen LogP contribution in [0.1, 0.15) is 34.6 Å². The molecule has 22 heavy (non-hydrogen) atoms. The highest BCUT2D eigenvalue weighted by molar-refractivity contribution is 5.93. The molecular formula is C17H16FN3O. The Bertz CT molecular complexity index is 824. The van der Waals surface area contributed by atoms with Gasteiger partial charge in [0, 0.05) is 12.4 Å². The maximum absolute atomic E-state index is 12.9. The Morgan fingerprint density at radius 1 is 1.27 bits per heavy atom. The number of aromatic nitrogens is 2. The summed E-state index contributed by atoms with van der Waals surface area (Å²) in [6.45, 7) is 3.80. The summed E-state index contributed by atoms with van der Waals surface area (Å²) in [5.41, 5.74) is 2.98. The summed E-state index contributed by atoms with van der Waals surface area (Å²) in [6, 6.07) is 9.72. The number of hydrogen-bond donors (Lipinski definition) is 1. The first-order valence-electron chi connectivity index (χ1n) is 7.05. The fourth-order valence-electron chi connectivity index (χ4n) is 2.37. The number of halogens is 1. The zero-order chi connectivity index (χ0) is 15.7. The topological polar surface area (TPSA) is 46.4 Å². The molecule has 0 saturated carbocycles. The number of carbonyl (C=O) groups is 1. The molecule has 5 heteroatoms. The maximum Gasteiger partial charge on any atom is 0.271 e. The van der Waals surface area contributed by atoms with E-state index in [4.69, 9.17) is 0 Å². The first-order chi connectivity index (χ1) is 10.5. The number of pyridine rings is 1. The average Bonchev–Trinajstić information content (AvgIpc) is 2.93. The number of fused-ring (bicyclic) bond motifs is 1. The highest BCUT2D eigenvalue weighted by atomic mass is 19.1. The number of aryl methyl sites for hydroxylation is 1. The Balaban J connectivity index is 1.80. The lowest BCUT2D eigenvalue weighted by Crippen LogP contribution is -2.26. The second-order valence-corrected chi connectivity index (χ2v) is 5.29. The van der Waals surface area contributed by atoms with E-state index in [1.165, 1.54) is 12.1 Å². The van der Waals surface area contributed by atoms with Crippen molar-refractivity contribution >= 4 is 11.6 Å². The Hall–Kier alpha value is -2.69. The summed E-state index contributed by atoms with van der Waals surface area (Å²) in [4.78, 5) is 16.7. The van der Waals surface area contributed by atoms with E-state index in [2.05, 4.69) is 10.3 Å². The molecule has 0 aliphatic heterocycles. The van der Waals surface area contributed by atoms with Crippen LogP contribution >= 0.6 is 0 Å². The molecule has 3 rings (SSSR count). The number of nitrogens with one attached hydrogen (secondary N) is 1. The van der Waals surface area contributed by atoms with Crippen LogP contribution in [0.3, 0.4) is 0 Å². The van der Waals surface area contributed by atoms with Crippen molar-refractivity contribution in [1.82, 2.24) is 14.7 Å². The van der Waals surface area contributed by atoms with Crippen LogP contribution in [-0.4, -0.2) is 15.3 Å². The van der Waals surface area contributed by atoms with Gasteiger partial charge in [-0.25, -0.2) is 9.37 Å². The van der Waals surface area contributed by atoms with Crippen LogP contribution in [-0.2, 0) is 0 Å². The number of carbonyl (C=O) groups excluding carboxylic acids is 1. The van der Waals surface area contributed by atoms with Crippen LogP contribution < -0.4 is 5.32 Å². The number of benzene rings is 1. The first kappa shape index (κ1) is 14.3. The van der Waals surface area contributed by atoms with Crippen molar-refractivity contribution in [3.05, 3.63) is 71.4 Å². The lowest BCUT2D eigenvalue weighted by atomic mass is 10.1. The molecule has 3 aromatic rings. The molecular weight excluding hydrogens is 281 g/mol. The largest absolute Gasteiger partial charge is 0.344 e. The molecule has 1 amide bonds. The van der Waals surface area contributed by atoms with Gasteiger partial charge in [0.2, 0.25) is 0 Å². The lowest BCUT2D eigenvalue weighted by Gasteiger charge is -2.13. The van der Waals surface area contributed by atoms with Crippen LogP contribution in [0.25, 0.3) is 5.65 Å². The van der Waals surface area contributed by atoms with Crippen LogP contribution in [0, 0.1) is 12.7 Å². The first-order valence-corrected chi connectivity index (χ1v) is 7.05. The van der Waals surface area contributed by atoms with Gasteiger partial charge >= 0.3 is 0 Å². The fourth-order valence-corrected chi connectivity index (χ4v) is 2.37. The van der Waals surface area contributed by atoms with Crippen molar-refractivity contribution in [2.45, 2.75) is 19.9 Å². The van der Waals surface area contributed by atoms with Crippen LogP contribution in [0.5, 0.6) is 0 Å². The third-order valence-corrected chi connectivity index (χ3v) is 3.63. The standard InChI is InChI=1S/C17H16FN3O/c1-11-4-3-9-21-10-15(20-16(11)21)17(22)19-12(2)13-5-7-14(18)8-6-13/h3-10,12H,1-2H3,(H,19,22). The van der Waals surface area contributed by atoms with E-state index in [1.54, 1.807) is 18.3 Å². The molecule has 112 valence electrons. The normalized spacial score (nSPS) is 12.3. The van der Waals surface area contributed by atoms with E-state index in [1.807, 2.05) is 36.6 Å². The second kappa shape index (κ2) is 5.60. The summed E-state index contributed by atoms with van der Waals surface area (Å²) < 4.78 is 14.8.